The second kappa shape index (κ2) is 14.7. The number of anilines is 2. The summed E-state index contributed by atoms with van der Waals surface area (Å²) in [5, 5.41) is 9.68. The van der Waals surface area contributed by atoms with Gasteiger partial charge in [0.25, 0.3) is 11.8 Å². The molecule has 3 amide bonds. The summed E-state index contributed by atoms with van der Waals surface area (Å²) in [6.07, 6.45) is 3.43. The lowest BCUT2D eigenvalue weighted by atomic mass is 10.1. The van der Waals surface area contributed by atoms with E-state index in [4.69, 9.17) is 11.6 Å². The van der Waals surface area contributed by atoms with Gasteiger partial charge in [-0.1, -0.05) is 84.4 Å². The number of thioether (sulfide) groups is 1. The van der Waals surface area contributed by atoms with E-state index in [1.54, 1.807) is 72.8 Å². The van der Waals surface area contributed by atoms with Gasteiger partial charge in [0.1, 0.15) is 10.9 Å². The Morgan fingerprint density at radius 1 is 0.723 bits per heavy atom. The summed E-state index contributed by atoms with van der Waals surface area (Å²) in [6.45, 7) is 0. The van der Waals surface area contributed by atoms with E-state index in [9.17, 15) is 14.4 Å². The van der Waals surface area contributed by atoms with Gasteiger partial charge in [-0.3, -0.25) is 14.4 Å². The molecular weight excluding hydrogens is 628 g/mol. The van der Waals surface area contributed by atoms with E-state index in [1.165, 1.54) is 11.8 Å². The van der Waals surface area contributed by atoms with Crippen molar-refractivity contribution >= 4 is 69.4 Å². The molecule has 6 aromatic rings. The highest BCUT2D eigenvalue weighted by molar-refractivity contribution is 8.00. The Balaban J connectivity index is 1.23. The van der Waals surface area contributed by atoms with Crippen LogP contribution < -0.4 is 16.0 Å². The fourth-order valence-electron chi connectivity index (χ4n) is 4.92. The third-order valence-electron chi connectivity index (χ3n) is 7.20. The Bertz CT molecular complexity index is 2080. The highest BCUT2D eigenvalue weighted by atomic mass is 35.5. The van der Waals surface area contributed by atoms with E-state index in [-0.39, 0.29) is 11.6 Å². The molecule has 1 atom stereocenters. The van der Waals surface area contributed by atoms with E-state index in [0.717, 1.165) is 21.4 Å². The maximum absolute atomic E-state index is 13.7. The van der Waals surface area contributed by atoms with Crippen molar-refractivity contribution in [3.8, 4) is 0 Å². The molecule has 1 heterocycles. The van der Waals surface area contributed by atoms with Crippen LogP contribution in [-0.2, 0) is 9.59 Å². The molecule has 0 saturated carbocycles. The molecule has 0 radical (unpaired) electrons. The smallest absolute Gasteiger partial charge is 0.272 e. The van der Waals surface area contributed by atoms with E-state index in [1.807, 2.05) is 72.9 Å². The van der Waals surface area contributed by atoms with Crippen LogP contribution in [0.4, 0.5) is 11.4 Å². The molecule has 232 valence electrons. The topological polar surface area (TPSA) is 103 Å². The first kappa shape index (κ1) is 31.4. The zero-order chi connectivity index (χ0) is 32.6. The van der Waals surface area contributed by atoms with Crippen molar-refractivity contribution in [2.75, 3.05) is 10.6 Å². The van der Waals surface area contributed by atoms with Crippen LogP contribution in [0.2, 0.25) is 5.02 Å². The third-order valence-corrected chi connectivity index (χ3v) is 8.68. The summed E-state index contributed by atoms with van der Waals surface area (Å²) in [6, 6.07) is 40.1. The Hall–Kier alpha value is -5.57. The van der Waals surface area contributed by atoms with Crippen LogP contribution in [-0.4, -0.2) is 22.7 Å². The number of aromatic nitrogens is 1. The Morgan fingerprint density at radius 3 is 2.26 bits per heavy atom. The monoisotopic (exact) mass is 656 g/mol. The number of amides is 3. The van der Waals surface area contributed by atoms with Crippen LogP contribution in [0.5, 0.6) is 0 Å². The van der Waals surface area contributed by atoms with Crippen molar-refractivity contribution in [1.29, 1.82) is 0 Å². The van der Waals surface area contributed by atoms with E-state index in [2.05, 4.69) is 20.9 Å². The fraction of sp³-hybridized carbons (Fsp3) is 0.0263. The Morgan fingerprint density at radius 2 is 1.47 bits per heavy atom. The first-order chi connectivity index (χ1) is 22.9. The van der Waals surface area contributed by atoms with Crippen LogP contribution in [0.3, 0.4) is 0 Å². The fourth-order valence-corrected chi connectivity index (χ4v) is 6.20. The number of aromatic amines is 1. The van der Waals surface area contributed by atoms with Gasteiger partial charge in [0.05, 0.1) is 0 Å². The molecule has 0 aliphatic carbocycles. The van der Waals surface area contributed by atoms with Gasteiger partial charge in [0.15, 0.2) is 0 Å². The summed E-state index contributed by atoms with van der Waals surface area (Å²) in [7, 11) is 0. The zero-order valence-corrected chi connectivity index (χ0v) is 26.5. The summed E-state index contributed by atoms with van der Waals surface area (Å²) in [5.74, 6) is -1.13. The first-order valence-corrected chi connectivity index (χ1v) is 16.0. The van der Waals surface area contributed by atoms with Gasteiger partial charge < -0.3 is 20.9 Å². The molecule has 1 aromatic heterocycles. The quantitative estimate of drug-likeness (QED) is 0.0875. The molecule has 0 fully saturated rings. The average Bonchev–Trinajstić information content (AvgIpc) is 3.56. The first-order valence-electron chi connectivity index (χ1n) is 14.8. The van der Waals surface area contributed by atoms with Crippen molar-refractivity contribution < 1.29 is 14.4 Å². The SMILES string of the molecule is O=C(Nc1cccc(SC(C(=O)Nc2ccc3cc[nH]c3c2)c2ccccc2)c1)/C(=C/c1cccc(Cl)c1)NC(=O)c1ccccc1. The number of hydrogen-bond acceptors (Lipinski definition) is 4. The van der Waals surface area contributed by atoms with Gasteiger partial charge in [-0.15, -0.1) is 11.8 Å². The number of halogens is 1. The Kier molecular flexibility index (Phi) is 9.81. The number of rotatable bonds is 10. The summed E-state index contributed by atoms with van der Waals surface area (Å²) in [5.41, 5.74) is 4.04. The number of carbonyl (C=O) groups is 3. The second-order valence-electron chi connectivity index (χ2n) is 10.6. The lowest BCUT2D eigenvalue weighted by Crippen LogP contribution is -2.30. The minimum Gasteiger partial charge on any atom is -0.361 e. The second-order valence-corrected chi connectivity index (χ2v) is 12.2. The van der Waals surface area contributed by atoms with Crippen molar-refractivity contribution in [3.63, 3.8) is 0 Å². The molecule has 0 aliphatic heterocycles. The molecule has 0 spiro atoms. The lowest BCUT2D eigenvalue weighted by molar-refractivity contribution is -0.116. The van der Waals surface area contributed by atoms with Crippen LogP contribution in [0.15, 0.2) is 150 Å². The molecule has 9 heteroatoms. The van der Waals surface area contributed by atoms with Crippen molar-refractivity contribution in [3.05, 3.63) is 167 Å². The maximum atomic E-state index is 13.7. The van der Waals surface area contributed by atoms with Gasteiger partial charge in [-0.2, -0.15) is 0 Å². The van der Waals surface area contributed by atoms with Crippen molar-refractivity contribution in [2.45, 2.75) is 10.1 Å². The van der Waals surface area contributed by atoms with Gasteiger partial charge >= 0.3 is 0 Å². The normalized spacial score (nSPS) is 11.9. The van der Waals surface area contributed by atoms with Crippen LogP contribution in [0.25, 0.3) is 17.0 Å². The van der Waals surface area contributed by atoms with Crippen LogP contribution >= 0.6 is 23.4 Å². The average molecular weight is 657 g/mol. The predicted octanol–water partition coefficient (Wildman–Crippen LogP) is 8.70. The predicted molar refractivity (Wildman–Crippen MR) is 190 cm³/mol. The number of H-pyrrole nitrogens is 1. The van der Waals surface area contributed by atoms with Crippen LogP contribution in [0, 0.1) is 0 Å². The van der Waals surface area contributed by atoms with Crippen molar-refractivity contribution in [1.82, 2.24) is 10.3 Å². The lowest BCUT2D eigenvalue weighted by Gasteiger charge is -2.18. The zero-order valence-electron chi connectivity index (χ0n) is 24.9. The van der Waals surface area contributed by atoms with Crippen LogP contribution in [0.1, 0.15) is 26.7 Å². The molecule has 6 rings (SSSR count). The Labute approximate surface area is 281 Å². The number of carbonyl (C=O) groups excluding carboxylic acids is 3. The van der Waals surface area contributed by atoms with E-state index >= 15 is 0 Å². The van der Waals surface area contributed by atoms with Gasteiger partial charge in [0, 0.05) is 38.6 Å². The number of fused-ring (bicyclic) bond motifs is 1. The van der Waals surface area contributed by atoms with Gasteiger partial charge in [0.2, 0.25) is 5.91 Å². The highest BCUT2D eigenvalue weighted by Crippen LogP contribution is 2.37. The molecular formula is C38H29ClN4O3S. The summed E-state index contributed by atoms with van der Waals surface area (Å²) in [4.78, 5) is 44.3. The molecule has 0 bridgehead atoms. The largest absolute Gasteiger partial charge is 0.361 e. The number of benzene rings is 5. The maximum Gasteiger partial charge on any atom is 0.272 e. The molecule has 0 aliphatic rings. The minimum absolute atomic E-state index is 0.0414. The van der Waals surface area contributed by atoms with E-state index < -0.39 is 17.1 Å². The number of hydrogen-bond donors (Lipinski definition) is 4. The standard InChI is InChI=1S/C38H29ClN4O3S/c39-29-14-7-9-25(21-29)22-34(43-36(44)28-12-5-2-6-13-28)37(45)41-30-15-8-16-32(23-30)47-35(27-10-3-1-4-11-27)38(46)42-31-18-17-26-19-20-40-33(26)24-31/h1-24,35,40H,(H,41,45)(H,42,46)(H,43,44)/b34-22-. The third kappa shape index (κ3) is 8.18. The molecule has 47 heavy (non-hydrogen) atoms. The number of nitrogens with one attached hydrogen (secondary N) is 4. The van der Waals surface area contributed by atoms with E-state index in [0.29, 0.717) is 27.5 Å². The molecule has 0 saturated heterocycles. The highest BCUT2D eigenvalue weighted by Gasteiger charge is 2.23. The summed E-state index contributed by atoms with van der Waals surface area (Å²) >= 11 is 7.55. The van der Waals surface area contributed by atoms with Gasteiger partial charge in [-0.25, -0.2) is 0 Å². The summed E-state index contributed by atoms with van der Waals surface area (Å²) < 4.78 is 0. The molecule has 4 N–H and O–H groups in total. The van der Waals surface area contributed by atoms with Gasteiger partial charge in [-0.05, 0) is 83.3 Å². The molecule has 1 unspecified atom stereocenters. The molecule has 5 aromatic carbocycles. The molecule has 7 nitrogen and oxygen atoms in total. The van der Waals surface area contributed by atoms with Crippen molar-refractivity contribution in [2.24, 2.45) is 0 Å². The minimum atomic E-state index is -0.579.